The van der Waals surface area contributed by atoms with Gasteiger partial charge in [-0.3, -0.25) is 9.48 Å². The fraction of sp³-hybridized carbons (Fsp3) is 0.692. The molecule has 2 unspecified atom stereocenters. The van der Waals surface area contributed by atoms with Crippen molar-refractivity contribution in [3.05, 3.63) is 18.0 Å². The second-order valence-corrected chi connectivity index (χ2v) is 5.30. The first kappa shape index (κ1) is 15.8. The fourth-order valence-corrected chi connectivity index (χ4v) is 2.62. The van der Waals surface area contributed by atoms with Gasteiger partial charge in [0.1, 0.15) is 6.54 Å². The van der Waals surface area contributed by atoms with E-state index in [4.69, 9.17) is 0 Å². The first-order chi connectivity index (χ1) is 9.90. The number of aromatic nitrogens is 2. The number of hydrogen-bond acceptors (Lipinski definition) is 3. The van der Waals surface area contributed by atoms with Crippen LogP contribution in [0.15, 0.2) is 12.3 Å². The molecule has 2 N–H and O–H groups in total. The summed E-state index contributed by atoms with van der Waals surface area (Å²) in [7, 11) is 0. The minimum atomic E-state index is -4.51. The van der Waals surface area contributed by atoms with Gasteiger partial charge < -0.3 is 10.4 Å². The Bertz CT molecular complexity index is 487. The summed E-state index contributed by atoms with van der Waals surface area (Å²) in [5.74, 6) is -0.372. The van der Waals surface area contributed by atoms with E-state index >= 15 is 0 Å². The molecule has 1 heterocycles. The number of carbonyl (C=O) groups excluding carboxylic acids is 1. The van der Waals surface area contributed by atoms with E-state index in [1.807, 2.05) is 0 Å². The van der Waals surface area contributed by atoms with Crippen LogP contribution < -0.4 is 5.32 Å². The summed E-state index contributed by atoms with van der Waals surface area (Å²) in [6.45, 7) is -0.254. The Hall–Kier alpha value is -1.57. The van der Waals surface area contributed by atoms with Gasteiger partial charge in [-0.25, -0.2) is 0 Å². The summed E-state index contributed by atoms with van der Waals surface area (Å²) in [5, 5.41) is 15.4. The van der Waals surface area contributed by atoms with E-state index in [0.717, 1.165) is 42.6 Å². The maximum absolute atomic E-state index is 12.4. The largest absolute Gasteiger partial charge is 0.435 e. The zero-order valence-electron chi connectivity index (χ0n) is 11.4. The van der Waals surface area contributed by atoms with Crippen molar-refractivity contribution in [1.82, 2.24) is 15.1 Å². The average Bonchev–Trinajstić information content (AvgIpc) is 2.87. The van der Waals surface area contributed by atoms with Gasteiger partial charge in [0.15, 0.2) is 5.69 Å². The monoisotopic (exact) mass is 305 g/mol. The van der Waals surface area contributed by atoms with E-state index in [2.05, 4.69) is 10.4 Å². The van der Waals surface area contributed by atoms with Crippen LogP contribution in [0.1, 0.15) is 31.4 Å². The van der Waals surface area contributed by atoms with Crippen LogP contribution in [0.4, 0.5) is 13.2 Å². The highest BCUT2D eigenvalue weighted by molar-refractivity contribution is 5.76. The average molecular weight is 305 g/mol. The van der Waals surface area contributed by atoms with Gasteiger partial charge in [-0.2, -0.15) is 18.3 Å². The van der Waals surface area contributed by atoms with Gasteiger partial charge in [0.25, 0.3) is 0 Å². The van der Waals surface area contributed by atoms with Gasteiger partial charge in [0.05, 0.1) is 0 Å². The third-order valence-corrected chi connectivity index (χ3v) is 3.73. The summed E-state index contributed by atoms with van der Waals surface area (Å²) < 4.78 is 38.2. The van der Waals surface area contributed by atoms with Crippen molar-refractivity contribution in [2.45, 2.75) is 44.4 Å². The van der Waals surface area contributed by atoms with Gasteiger partial charge in [-0.15, -0.1) is 0 Å². The van der Waals surface area contributed by atoms with Gasteiger partial charge in [0, 0.05) is 24.8 Å². The molecule has 118 valence electrons. The lowest BCUT2D eigenvalue weighted by Crippen LogP contribution is -2.44. The molecule has 0 bridgehead atoms. The molecular weight excluding hydrogens is 287 g/mol. The molecule has 0 aromatic carbocycles. The van der Waals surface area contributed by atoms with Gasteiger partial charge >= 0.3 is 6.18 Å². The van der Waals surface area contributed by atoms with Crippen LogP contribution in [0.5, 0.6) is 0 Å². The molecule has 0 aliphatic heterocycles. The van der Waals surface area contributed by atoms with Crippen LogP contribution in [0.3, 0.4) is 0 Å². The van der Waals surface area contributed by atoms with Crippen molar-refractivity contribution in [1.29, 1.82) is 0 Å². The molecule has 2 rings (SSSR count). The minimum absolute atomic E-state index is 0.00490. The molecule has 1 aliphatic carbocycles. The number of aliphatic hydroxyl groups excluding tert-OH is 1. The predicted octanol–water partition coefficient (Wildman–Crippen LogP) is 1.57. The molecule has 8 heteroatoms. The molecule has 2 atom stereocenters. The Kier molecular flexibility index (Phi) is 4.87. The van der Waals surface area contributed by atoms with Crippen LogP contribution in [-0.4, -0.2) is 33.4 Å². The quantitative estimate of drug-likeness (QED) is 0.887. The minimum Gasteiger partial charge on any atom is -0.396 e. The summed E-state index contributed by atoms with van der Waals surface area (Å²) in [6.07, 6.45) is 0.248. The number of aliphatic hydroxyl groups is 1. The molecule has 1 aromatic heterocycles. The summed E-state index contributed by atoms with van der Waals surface area (Å²) in [4.78, 5) is 11.9. The Balaban J connectivity index is 1.91. The van der Waals surface area contributed by atoms with E-state index in [0.29, 0.717) is 0 Å². The lowest BCUT2D eigenvalue weighted by molar-refractivity contribution is -0.141. The fourth-order valence-electron chi connectivity index (χ4n) is 2.62. The Morgan fingerprint density at radius 1 is 1.43 bits per heavy atom. The molecule has 21 heavy (non-hydrogen) atoms. The number of halogens is 3. The zero-order chi connectivity index (χ0) is 15.5. The highest BCUT2D eigenvalue weighted by Gasteiger charge is 2.33. The number of nitrogens with one attached hydrogen (secondary N) is 1. The van der Waals surface area contributed by atoms with Crippen LogP contribution in [-0.2, 0) is 17.5 Å². The number of nitrogens with zero attached hydrogens (tertiary/aromatic N) is 2. The van der Waals surface area contributed by atoms with Crippen molar-refractivity contribution < 1.29 is 23.1 Å². The van der Waals surface area contributed by atoms with Crippen LogP contribution in [0.25, 0.3) is 0 Å². The zero-order valence-corrected chi connectivity index (χ0v) is 11.4. The molecule has 0 radical (unpaired) electrons. The molecule has 0 saturated heterocycles. The van der Waals surface area contributed by atoms with Crippen molar-refractivity contribution in [3.63, 3.8) is 0 Å². The molecule has 1 aliphatic rings. The highest BCUT2D eigenvalue weighted by Crippen LogP contribution is 2.27. The van der Waals surface area contributed by atoms with E-state index in [1.165, 1.54) is 0 Å². The van der Waals surface area contributed by atoms with Gasteiger partial charge in [-0.1, -0.05) is 12.8 Å². The molecular formula is C13H18F3N3O2. The molecule has 5 nitrogen and oxygen atoms in total. The molecule has 1 fully saturated rings. The van der Waals surface area contributed by atoms with E-state index in [1.54, 1.807) is 0 Å². The maximum atomic E-state index is 12.4. The van der Waals surface area contributed by atoms with E-state index < -0.39 is 17.8 Å². The molecule has 0 spiro atoms. The van der Waals surface area contributed by atoms with Crippen molar-refractivity contribution in [3.8, 4) is 0 Å². The lowest BCUT2D eigenvalue weighted by atomic mass is 9.85. The number of carbonyl (C=O) groups is 1. The third kappa shape index (κ3) is 4.20. The maximum Gasteiger partial charge on any atom is 0.435 e. The summed E-state index contributed by atoms with van der Waals surface area (Å²) in [6, 6.07) is 0.721. The number of alkyl halides is 3. The summed E-state index contributed by atoms with van der Waals surface area (Å²) in [5.41, 5.74) is -1.01. The Morgan fingerprint density at radius 2 is 2.14 bits per heavy atom. The van der Waals surface area contributed by atoms with Gasteiger partial charge in [-0.05, 0) is 18.9 Å². The van der Waals surface area contributed by atoms with Crippen LogP contribution in [0.2, 0.25) is 0 Å². The second kappa shape index (κ2) is 6.46. The topological polar surface area (TPSA) is 67.2 Å². The molecule has 1 amide bonds. The van der Waals surface area contributed by atoms with Gasteiger partial charge in [0.2, 0.25) is 5.91 Å². The van der Waals surface area contributed by atoms with Crippen LogP contribution in [0, 0.1) is 5.92 Å². The highest BCUT2D eigenvalue weighted by atomic mass is 19.4. The molecule has 1 saturated carbocycles. The number of rotatable bonds is 4. The third-order valence-electron chi connectivity index (χ3n) is 3.73. The van der Waals surface area contributed by atoms with Crippen molar-refractivity contribution in [2.24, 2.45) is 5.92 Å². The second-order valence-electron chi connectivity index (χ2n) is 5.30. The normalized spacial score (nSPS) is 23.0. The smallest absolute Gasteiger partial charge is 0.396 e. The number of amides is 1. The van der Waals surface area contributed by atoms with E-state index in [-0.39, 0.29) is 25.1 Å². The first-order valence-corrected chi connectivity index (χ1v) is 6.91. The Morgan fingerprint density at radius 3 is 2.76 bits per heavy atom. The SMILES string of the molecule is O=C(Cn1ccc(C(F)(F)F)n1)NC1CCCCC1CO. The predicted molar refractivity (Wildman–Crippen MR) is 68.2 cm³/mol. The number of hydrogen-bond donors (Lipinski definition) is 2. The summed E-state index contributed by atoms with van der Waals surface area (Å²) >= 11 is 0. The van der Waals surface area contributed by atoms with Crippen molar-refractivity contribution in [2.75, 3.05) is 6.61 Å². The Labute approximate surface area is 120 Å². The lowest BCUT2D eigenvalue weighted by Gasteiger charge is -2.30. The van der Waals surface area contributed by atoms with Crippen LogP contribution >= 0.6 is 0 Å². The standard InChI is InChI=1S/C13H18F3N3O2/c14-13(15,16)11-5-6-19(18-11)7-12(21)17-10-4-2-1-3-9(10)8-20/h5-6,9-10,20H,1-4,7-8H2,(H,17,21). The van der Waals surface area contributed by atoms with E-state index in [9.17, 15) is 23.1 Å². The molecule has 1 aromatic rings. The first-order valence-electron chi connectivity index (χ1n) is 6.91. The van der Waals surface area contributed by atoms with Crippen molar-refractivity contribution >= 4 is 5.91 Å².